The minimum absolute atomic E-state index is 0.149. The summed E-state index contributed by atoms with van der Waals surface area (Å²) in [6.45, 7) is 3.12. The van der Waals surface area contributed by atoms with Crippen LogP contribution >= 0.6 is 0 Å². The molecule has 8 nitrogen and oxygen atoms in total. The number of aromatic hydroxyl groups is 1. The van der Waals surface area contributed by atoms with Gasteiger partial charge in [-0.3, -0.25) is 24.1 Å². The molecule has 2 bridgehead atoms. The number of pyridine rings is 1. The Balaban J connectivity index is 1.71. The van der Waals surface area contributed by atoms with Gasteiger partial charge in [-0.15, -0.1) is 0 Å². The monoisotopic (exact) mass is 448 g/mol. The van der Waals surface area contributed by atoms with Gasteiger partial charge in [-0.2, -0.15) is 0 Å². The van der Waals surface area contributed by atoms with Crippen molar-refractivity contribution in [2.75, 3.05) is 11.7 Å². The second kappa shape index (κ2) is 7.74. The Morgan fingerprint density at radius 2 is 1.75 bits per heavy atom. The number of halogens is 3. The number of carbonyl (C=O) groups excluding carboxylic acids is 2. The van der Waals surface area contributed by atoms with Crippen molar-refractivity contribution < 1.29 is 27.9 Å². The second-order valence-corrected chi connectivity index (χ2v) is 7.67. The first-order valence-electron chi connectivity index (χ1n) is 9.76. The summed E-state index contributed by atoms with van der Waals surface area (Å²) in [5, 5.41) is 14.4. The molecule has 32 heavy (non-hydrogen) atoms. The van der Waals surface area contributed by atoms with Crippen LogP contribution in [0.2, 0.25) is 0 Å². The molecular formula is C21H19F3N4O4. The number of hydrogen-bond acceptors (Lipinski definition) is 5. The van der Waals surface area contributed by atoms with Crippen molar-refractivity contribution in [3.63, 3.8) is 0 Å². The van der Waals surface area contributed by atoms with Gasteiger partial charge in [-0.1, -0.05) is 12.2 Å². The molecule has 2 aromatic rings. The predicted octanol–water partition coefficient (Wildman–Crippen LogP) is 1.60. The first-order valence-corrected chi connectivity index (χ1v) is 9.76. The molecule has 1 aromatic carbocycles. The lowest BCUT2D eigenvalue weighted by Gasteiger charge is -2.41. The van der Waals surface area contributed by atoms with E-state index in [1.54, 1.807) is 11.9 Å². The highest BCUT2D eigenvalue weighted by molar-refractivity contribution is 5.99. The van der Waals surface area contributed by atoms with Gasteiger partial charge in [0.1, 0.15) is 29.7 Å². The zero-order chi connectivity index (χ0) is 23.3. The van der Waals surface area contributed by atoms with Crippen molar-refractivity contribution >= 4 is 11.8 Å². The molecule has 1 aromatic heterocycles. The van der Waals surface area contributed by atoms with Crippen LogP contribution in [0.15, 0.2) is 35.3 Å². The summed E-state index contributed by atoms with van der Waals surface area (Å²) in [4.78, 5) is 39.7. The Kier molecular flexibility index (Phi) is 5.19. The van der Waals surface area contributed by atoms with Crippen LogP contribution in [0.5, 0.6) is 5.75 Å². The SMILES string of the molecule is C[C@@H]1C=C[C@H](C)N2CN1n1cc(C(=O)NCc3c(F)cc(F)cc3F)c(=O)c(O)c1C2=O. The zero-order valence-electron chi connectivity index (χ0n) is 17.1. The molecule has 0 spiro atoms. The van der Waals surface area contributed by atoms with Crippen molar-refractivity contribution in [3.05, 3.63) is 75.0 Å². The van der Waals surface area contributed by atoms with E-state index in [1.807, 2.05) is 19.1 Å². The topological polar surface area (TPSA) is 94.9 Å². The summed E-state index contributed by atoms with van der Waals surface area (Å²) in [7, 11) is 0. The smallest absolute Gasteiger partial charge is 0.278 e. The lowest BCUT2D eigenvalue weighted by molar-refractivity contribution is 0.0652. The number of nitrogens with one attached hydrogen (secondary N) is 1. The van der Waals surface area contributed by atoms with Crippen molar-refractivity contribution in [1.82, 2.24) is 14.9 Å². The summed E-state index contributed by atoms with van der Waals surface area (Å²) in [5.41, 5.74) is -2.50. The van der Waals surface area contributed by atoms with Crippen molar-refractivity contribution in [1.29, 1.82) is 0 Å². The summed E-state index contributed by atoms with van der Waals surface area (Å²) in [6.07, 6.45) is 4.78. The highest BCUT2D eigenvalue weighted by Gasteiger charge is 2.38. The van der Waals surface area contributed by atoms with Crippen LogP contribution in [0.3, 0.4) is 0 Å². The maximum absolute atomic E-state index is 13.8. The third-order valence-corrected chi connectivity index (χ3v) is 5.61. The zero-order valence-corrected chi connectivity index (χ0v) is 17.1. The van der Waals surface area contributed by atoms with E-state index in [9.17, 15) is 32.7 Å². The van der Waals surface area contributed by atoms with E-state index in [-0.39, 0.29) is 24.4 Å². The average Bonchev–Trinajstić information content (AvgIpc) is 2.85. The number of rotatable bonds is 3. The summed E-state index contributed by atoms with van der Waals surface area (Å²) < 4.78 is 42.0. The molecule has 0 fully saturated rings. The summed E-state index contributed by atoms with van der Waals surface area (Å²) >= 11 is 0. The fourth-order valence-electron chi connectivity index (χ4n) is 3.75. The first-order chi connectivity index (χ1) is 15.1. The molecule has 2 N–H and O–H groups in total. The Bertz CT molecular complexity index is 1200. The molecule has 2 atom stereocenters. The average molecular weight is 448 g/mol. The minimum Gasteiger partial charge on any atom is -0.502 e. The van der Waals surface area contributed by atoms with Crippen molar-refractivity contribution in [2.45, 2.75) is 32.5 Å². The van der Waals surface area contributed by atoms with Gasteiger partial charge in [0.2, 0.25) is 5.43 Å². The molecule has 11 heteroatoms. The van der Waals surface area contributed by atoms with Crippen molar-refractivity contribution in [3.8, 4) is 5.75 Å². The molecule has 2 aliphatic heterocycles. The molecule has 4 rings (SSSR count). The fourth-order valence-corrected chi connectivity index (χ4v) is 3.75. The number of hydrogen-bond donors (Lipinski definition) is 2. The largest absolute Gasteiger partial charge is 0.502 e. The summed E-state index contributed by atoms with van der Waals surface area (Å²) in [5.74, 6) is -6.01. The standard InChI is InChI=1S/C21H19F3N4O4/c1-10-3-4-11(2)28-9-26(10)21(32)17-19(30)18(29)14(8-27(17)28)20(31)25-7-13-15(23)5-12(22)6-16(13)24/h3-6,8,10-11,30H,7,9H2,1-2H3,(H,25,31)/t10-,11+/m0/s1. The predicted molar refractivity (Wildman–Crippen MR) is 107 cm³/mol. The van der Waals surface area contributed by atoms with Gasteiger partial charge in [0.15, 0.2) is 11.4 Å². The van der Waals surface area contributed by atoms with E-state index in [2.05, 4.69) is 5.32 Å². The van der Waals surface area contributed by atoms with Crippen LogP contribution in [0.1, 0.15) is 40.3 Å². The minimum atomic E-state index is -1.20. The number of carbonyl (C=O) groups is 2. The number of aromatic nitrogens is 1. The van der Waals surface area contributed by atoms with Gasteiger partial charge < -0.3 is 15.3 Å². The van der Waals surface area contributed by atoms with Crippen LogP contribution in [-0.2, 0) is 6.54 Å². The molecule has 168 valence electrons. The Morgan fingerprint density at radius 1 is 1.12 bits per heavy atom. The molecule has 2 amide bonds. The maximum Gasteiger partial charge on any atom is 0.278 e. The molecule has 0 aliphatic carbocycles. The van der Waals surface area contributed by atoms with E-state index < -0.39 is 58.1 Å². The van der Waals surface area contributed by atoms with Crippen LogP contribution in [0.25, 0.3) is 0 Å². The van der Waals surface area contributed by atoms with Crippen LogP contribution in [0, 0.1) is 17.5 Å². The van der Waals surface area contributed by atoms with Crippen LogP contribution in [-0.4, -0.2) is 45.2 Å². The van der Waals surface area contributed by atoms with Gasteiger partial charge in [0.25, 0.3) is 11.8 Å². The lowest BCUT2D eigenvalue weighted by atomic mass is 10.1. The van der Waals surface area contributed by atoms with Gasteiger partial charge >= 0.3 is 0 Å². The van der Waals surface area contributed by atoms with E-state index in [0.717, 1.165) is 6.20 Å². The van der Waals surface area contributed by atoms with Gasteiger partial charge in [0, 0.05) is 36.5 Å². The highest BCUT2D eigenvalue weighted by atomic mass is 19.1. The van der Waals surface area contributed by atoms with Crippen molar-refractivity contribution in [2.24, 2.45) is 0 Å². The summed E-state index contributed by atoms with van der Waals surface area (Å²) in [6, 6.07) is 0.421. The molecule has 3 heterocycles. The third kappa shape index (κ3) is 3.39. The van der Waals surface area contributed by atoms with E-state index in [4.69, 9.17) is 0 Å². The Morgan fingerprint density at radius 3 is 2.41 bits per heavy atom. The van der Waals surface area contributed by atoms with Gasteiger partial charge in [0.05, 0.1) is 6.04 Å². The molecule has 0 saturated heterocycles. The molecule has 0 radical (unpaired) electrons. The van der Waals surface area contributed by atoms with Crippen LogP contribution in [0.4, 0.5) is 13.2 Å². The number of benzene rings is 1. The van der Waals surface area contributed by atoms with E-state index in [0.29, 0.717) is 12.1 Å². The molecular weight excluding hydrogens is 429 g/mol. The normalized spacial score (nSPS) is 19.6. The lowest BCUT2D eigenvalue weighted by Crippen LogP contribution is -2.57. The van der Waals surface area contributed by atoms with Gasteiger partial charge in [-0.25, -0.2) is 13.2 Å². The van der Waals surface area contributed by atoms with E-state index >= 15 is 0 Å². The molecule has 0 saturated carbocycles. The molecule has 2 aliphatic rings. The van der Waals surface area contributed by atoms with Gasteiger partial charge in [-0.05, 0) is 13.8 Å². The maximum atomic E-state index is 13.8. The Labute approximate surface area is 180 Å². The van der Waals surface area contributed by atoms with Crippen LogP contribution < -0.4 is 15.8 Å². The first kappa shape index (κ1) is 21.5. The highest BCUT2D eigenvalue weighted by Crippen LogP contribution is 2.26. The quantitative estimate of drug-likeness (QED) is 0.696. The third-order valence-electron chi connectivity index (χ3n) is 5.61. The Hall–Kier alpha value is -3.76. The number of fused-ring (bicyclic) bond motifs is 4. The number of nitrogens with zero attached hydrogens (tertiary/aromatic N) is 3. The molecule has 0 unspecified atom stereocenters. The number of amides is 2. The second-order valence-electron chi connectivity index (χ2n) is 7.67. The van der Waals surface area contributed by atoms with E-state index in [1.165, 1.54) is 9.58 Å². The fraction of sp³-hybridized carbons (Fsp3) is 0.286.